The third kappa shape index (κ3) is 2.76. The monoisotopic (exact) mass is 249 g/mol. The highest BCUT2D eigenvalue weighted by molar-refractivity contribution is 5.91. The zero-order chi connectivity index (χ0) is 13.0. The molecule has 0 bridgehead atoms. The Labute approximate surface area is 107 Å². The van der Waals surface area contributed by atoms with E-state index >= 15 is 0 Å². The maximum atomic E-state index is 11.3. The summed E-state index contributed by atoms with van der Waals surface area (Å²) in [6.45, 7) is 7.29. The fourth-order valence-corrected chi connectivity index (χ4v) is 2.02. The number of nitrogens with zero attached hydrogens (tertiary/aromatic N) is 4. The highest BCUT2D eigenvalue weighted by Gasteiger charge is 2.17. The average molecular weight is 249 g/mol. The number of nitrogens with one attached hydrogen (secondary N) is 1. The van der Waals surface area contributed by atoms with Crippen LogP contribution in [0.15, 0.2) is 12.4 Å². The maximum absolute atomic E-state index is 11.3. The van der Waals surface area contributed by atoms with E-state index in [2.05, 4.69) is 32.0 Å². The van der Waals surface area contributed by atoms with Gasteiger partial charge in [0.25, 0.3) is 5.91 Å². The Balaban J connectivity index is 2.00. The number of hydrogen-bond donors (Lipinski definition) is 1. The molecule has 6 nitrogen and oxygen atoms in total. The zero-order valence-corrected chi connectivity index (χ0v) is 10.9. The van der Waals surface area contributed by atoms with Gasteiger partial charge >= 0.3 is 0 Å². The van der Waals surface area contributed by atoms with E-state index in [1.807, 2.05) is 0 Å². The molecule has 1 N–H and O–H groups in total. The molecule has 1 aliphatic rings. The standard InChI is InChI=1S/C12H19N5O/c1-3-16-4-6-17(7-5-16)11-9-14-10(8-15-11)12(18)13-2/h8-9H,3-7H2,1-2H3,(H,13,18). The lowest BCUT2D eigenvalue weighted by Gasteiger charge is -2.34. The first-order valence-electron chi connectivity index (χ1n) is 6.26. The number of rotatable bonds is 3. The molecule has 0 radical (unpaired) electrons. The van der Waals surface area contributed by atoms with Gasteiger partial charge in [0.15, 0.2) is 0 Å². The molecule has 1 amide bonds. The van der Waals surface area contributed by atoms with Gasteiger partial charge in [-0.3, -0.25) is 4.79 Å². The average Bonchev–Trinajstić information content (AvgIpc) is 2.47. The highest BCUT2D eigenvalue weighted by Crippen LogP contribution is 2.12. The lowest BCUT2D eigenvalue weighted by atomic mass is 10.3. The Hall–Kier alpha value is -1.69. The molecule has 98 valence electrons. The SMILES string of the molecule is CCN1CCN(c2cnc(C(=O)NC)cn2)CC1. The lowest BCUT2D eigenvalue weighted by molar-refractivity contribution is 0.0958. The number of carbonyl (C=O) groups excluding carboxylic acids is 1. The molecule has 0 atom stereocenters. The summed E-state index contributed by atoms with van der Waals surface area (Å²) < 4.78 is 0. The van der Waals surface area contributed by atoms with Gasteiger partial charge < -0.3 is 15.1 Å². The third-order valence-corrected chi connectivity index (χ3v) is 3.24. The molecule has 0 spiro atoms. The van der Waals surface area contributed by atoms with Crippen LogP contribution >= 0.6 is 0 Å². The summed E-state index contributed by atoms with van der Waals surface area (Å²) in [7, 11) is 1.59. The summed E-state index contributed by atoms with van der Waals surface area (Å²) in [5.41, 5.74) is 0.355. The molecule has 0 aromatic carbocycles. The van der Waals surface area contributed by atoms with Crippen LogP contribution in [0.5, 0.6) is 0 Å². The van der Waals surface area contributed by atoms with Crippen molar-refractivity contribution < 1.29 is 4.79 Å². The fraction of sp³-hybridized carbons (Fsp3) is 0.583. The van der Waals surface area contributed by atoms with Gasteiger partial charge in [0.1, 0.15) is 11.5 Å². The van der Waals surface area contributed by atoms with Crippen LogP contribution in [-0.2, 0) is 0 Å². The summed E-state index contributed by atoms with van der Waals surface area (Å²) in [5, 5.41) is 2.53. The van der Waals surface area contributed by atoms with Crippen molar-refractivity contribution >= 4 is 11.7 Å². The van der Waals surface area contributed by atoms with Crippen LogP contribution in [0.3, 0.4) is 0 Å². The Bertz CT molecular complexity index is 397. The van der Waals surface area contributed by atoms with Gasteiger partial charge in [0.05, 0.1) is 12.4 Å². The summed E-state index contributed by atoms with van der Waals surface area (Å²) >= 11 is 0. The van der Waals surface area contributed by atoms with Crippen LogP contribution in [-0.4, -0.2) is 60.5 Å². The van der Waals surface area contributed by atoms with Crippen molar-refractivity contribution in [3.05, 3.63) is 18.1 Å². The zero-order valence-electron chi connectivity index (χ0n) is 10.9. The quantitative estimate of drug-likeness (QED) is 0.815. The van der Waals surface area contributed by atoms with Crippen LogP contribution in [0, 0.1) is 0 Å². The molecule has 6 heteroatoms. The molecule has 1 fully saturated rings. The summed E-state index contributed by atoms with van der Waals surface area (Å²) in [5.74, 6) is 0.642. The molecule has 2 rings (SSSR count). The number of piperazine rings is 1. The van der Waals surface area contributed by atoms with Crippen molar-refractivity contribution in [2.75, 3.05) is 44.7 Å². The van der Waals surface area contributed by atoms with E-state index in [-0.39, 0.29) is 5.91 Å². The first kappa shape index (κ1) is 12.8. The predicted molar refractivity (Wildman–Crippen MR) is 69.7 cm³/mol. The van der Waals surface area contributed by atoms with E-state index < -0.39 is 0 Å². The first-order chi connectivity index (χ1) is 8.74. The van der Waals surface area contributed by atoms with Crippen LogP contribution < -0.4 is 10.2 Å². The molecule has 0 unspecified atom stereocenters. The van der Waals surface area contributed by atoms with Gasteiger partial charge in [-0.1, -0.05) is 6.92 Å². The number of anilines is 1. The van der Waals surface area contributed by atoms with Crippen molar-refractivity contribution in [3.8, 4) is 0 Å². The van der Waals surface area contributed by atoms with E-state index in [1.165, 1.54) is 6.20 Å². The Morgan fingerprint density at radius 3 is 2.50 bits per heavy atom. The van der Waals surface area contributed by atoms with Gasteiger partial charge in [-0.2, -0.15) is 0 Å². The van der Waals surface area contributed by atoms with E-state index in [9.17, 15) is 4.79 Å². The molecule has 1 aromatic rings. The van der Waals surface area contributed by atoms with Crippen molar-refractivity contribution in [1.82, 2.24) is 20.2 Å². The molecule has 1 saturated heterocycles. The molecule has 1 aromatic heterocycles. The predicted octanol–water partition coefficient (Wildman–Crippen LogP) is -0.0219. The minimum absolute atomic E-state index is 0.204. The minimum Gasteiger partial charge on any atom is -0.354 e. The van der Waals surface area contributed by atoms with Crippen molar-refractivity contribution in [2.45, 2.75) is 6.92 Å². The van der Waals surface area contributed by atoms with E-state index in [4.69, 9.17) is 0 Å². The second-order valence-corrected chi connectivity index (χ2v) is 4.26. The largest absolute Gasteiger partial charge is 0.354 e. The minimum atomic E-state index is -0.204. The number of amides is 1. The summed E-state index contributed by atoms with van der Waals surface area (Å²) in [6, 6.07) is 0. The number of carbonyl (C=O) groups is 1. The Kier molecular flexibility index (Phi) is 4.09. The van der Waals surface area contributed by atoms with E-state index in [1.54, 1.807) is 13.2 Å². The molecule has 1 aliphatic heterocycles. The van der Waals surface area contributed by atoms with Crippen molar-refractivity contribution in [2.24, 2.45) is 0 Å². The molecular formula is C12H19N5O. The van der Waals surface area contributed by atoms with Crippen molar-refractivity contribution in [3.63, 3.8) is 0 Å². The van der Waals surface area contributed by atoms with Gasteiger partial charge in [0, 0.05) is 33.2 Å². The van der Waals surface area contributed by atoms with Crippen LogP contribution in [0.4, 0.5) is 5.82 Å². The van der Waals surface area contributed by atoms with Crippen molar-refractivity contribution in [1.29, 1.82) is 0 Å². The lowest BCUT2D eigenvalue weighted by Crippen LogP contribution is -2.46. The highest BCUT2D eigenvalue weighted by atomic mass is 16.1. The normalized spacial score (nSPS) is 16.7. The summed E-state index contributed by atoms with van der Waals surface area (Å²) in [4.78, 5) is 24.4. The second kappa shape index (κ2) is 5.77. The van der Waals surface area contributed by atoms with Crippen LogP contribution in [0.2, 0.25) is 0 Å². The number of hydrogen-bond acceptors (Lipinski definition) is 5. The molecule has 2 heterocycles. The summed E-state index contributed by atoms with van der Waals surface area (Å²) in [6.07, 6.45) is 3.20. The number of likely N-dealkylation sites (N-methyl/N-ethyl adjacent to an activating group) is 1. The van der Waals surface area contributed by atoms with E-state index in [0.717, 1.165) is 38.5 Å². The molecule has 0 aliphatic carbocycles. The van der Waals surface area contributed by atoms with Gasteiger partial charge in [-0.15, -0.1) is 0 Å². The van der Waals surface area contributed by atoms with Crippen LogP contribution in [0.25, 0.3) is 0 Å². The Morgan fingerprint density at radius 2 is 2.00 bits per heavy atom. The maximum Gasteiger partial charge on any atom is 0.271 e. The van der Waals surface area contributed by atoms with Gasteiger partial charge in [-0.05, 0) is 6.54 Å². The second-order valence-electron chi connectivity index (χ2n) is 4.26. The molecule has 0 saturated carbocycles. The van der Waals surface area contributed by atoms with Gasteiger partial charge in [-0.25, -0.2) is 9.97 Å². The van der Waals surface area contributed by atoms with Crippen LogP contribution in [0.1, 0.15) is 17.4 Å². The van der Waals surface area contributed by atoms with Gasteiger partial charge in [0.2, 0.25) is 0 Å². The topological polar surface area (TPSA) is 61.4 Å². The van der Waals surface area contributed by atoms with E-state index in [0.29, 0.717) is 5.69 Å². The Morgan fingerprint density at radius 1 is 1.28 bits per heavy atom. The third-order valence-electron chi connectivity index (χ3n) is 3.24. The number of aromatic nitrogens is 2. The first-order valence-corrected chi connectivity index (χ1v) is 6.26. The smallest absolute Gasteiger partial charge is 0.271 e. The fourth-order valence-electron chi connectivity index (χ4n) is 2.02. The molecular weight excluding hydrogens is 230 g/mol. The molecule has 18 heavy (non-hydrogen) atoms.